The van der Waals surface area contributed by atoms with Crippen molar-refractivity contribution in [1.82, 2.24) is 14.8 Å². The third kappa shape index (κ3) is 4.55. The van der Waals surface area contributed by atoms with E-state index < -0.39 is 0 Å². The highest BCUT2D eigenvalue weighted by molar-refractivity contribution is 6.14. The highest BCUT2D eigenvalue weighted by atomic mass is 16.1. The summed E-state index contributed by atoms with van der Waals surface area (Å²) in [4.78, 5) is 17.2. The van der Waals surface area contributed by atoms with E-state index in [4.69, 9.17) is 5.10 Å². The van der Waals surface area contributed by atoms with Crippen molar-refractivity contribution in [1.29, 1.82) is 5.26 Å². The number of pyridine rings is 1. The lowest BCUT2D eigenvalue weighted by Gasteiger charge is -2.03. The summed E-state index contributed by atoms with van der Waals surface area (Å²) in [5, 5.41) is 14.5. The molecule has 0 amide bonds. The van der Waals surface area contributed by atoms with Crippen molar-refractivity contribution < 1.29 is 4.79 Å². The molecule has 0 aliphatic carbocycles. The fourth-order valence-corrected chi connectivity index (χ4v) is 3.50. The second kappa shape index (κ2) is 9.67. The van der Waals surface area contributed by atoms with E-state index in [0.717, 1.165) is 24.1 Å². The van der Waals surface area contributed by atoms with Gasteiger partial charge in [0, 0.05) is 35.3 Å². The Bertz CT molecular complexity index is 1280. The number of Topliss-reactive ketones (excluding diaryl/α,β-unsaturated/α-hetero) is 1. The van der Waals surface area contributed by atoms with Crippen LogP contribution in [0.25, 0.3) is 23.0 Å². The monoisotopic (exact) mass is 418 g/mol. The summed E-state index contributed by atoms with van der Waals surface area (Å²) >= 11 is 0. The van der Waals surface area contributed by atoms with Crippen LogP contribution in [0.2, 0.25) is 0 Å². The third-order valence-electron chi connectivity index (χ3n) is 5.12. The van der Waals surface area contributed by atoms with Crippen molar-refractivity contribution >= 4 is 11.9 Å². The summed E-state index contributed by atoms with van der Waals surface area (Å²) in [6.45, 7) is 2.12. The van der Waals surface area contributed by atoms with Crippen molar-refractivity contribution in [2.45, 2.75) is 19.8 Å². The highest BCUT2D eigenvalue weighted by Gasteiger charge is 2.16. The van der Waals surface area contributed by atoms with Crippen LogP contribution in [0.15, 0.2) is 90.9 Å². The van der Waals surface area contributed by atoms with Gasteiger partial charge in [-0.05, 0) is 42.3 Å². The van der Waals surface area contributed by atoms with Crippen molar-refractivity contribution in [2.24, 2.45) is 0 Å². The zero-order valence-electron chi connectivity index (χ0n) is 17.8. The molecular weight excluding hydrogens is 396 g/mol. The van der Waals surface area contributed by atoms with E-state index in [2.05, 4.69) is 18.0 Å². The first-order chi connectivity index (χ1) is 15.7. The maximum absolute atomic E-state index is 13.0. The van der Waals surface area contributed by atoms with E-state index in [0.29, 0.717) is 16.8 Å². The van der Waals surface area contributed by atoms with Crippen molar-refractivity contribution in [3.8, 4) is 23.0 Å². The zero-order chi connectivity index (χ0) is 22.3. The van der Waals surface area contributed by atoms with Gasteiger partial charge in [0.1, 0.15) is 17.3 Å². The van der Waals surface area contributed by atoms with Crippen LogP contribution in [0.5, 0.6) is 0 Å². The molecule has 4 rings (SSSR count). The fraction of sp³-hybridized carbons (Fsp3) is 0.111. The largest absolute Gasteiger partial charge is 0.288 e. The number of hydrogen-bond acceptors (Lipinski definition) is 4. The van der Waals surface area contributed by atoms with E-state index >= 15 is 0 Å². The van der Waals surface area contributed by atoms with Gasteiger partial charge >= 0.3 is 0 Å². The molecule has 0 atom stereocenters. The van der Waals surface area contributed by atoms with Crippen molar-refractivity contribution in [3.63, 3.8) is 0 Å². The van der Waals surface area contributed by atoms with E-state index in [9.17, 15) is 10.1 Å². The second-order valence-corrected chi connectivity index (χ2v) is 7.40. The summed E-state index contributed by atoms with van der Waals surface area (Å²) in [7, 11) is 0. The average Bonchev–Trinajstić information content (AvgIpc) is 3.28. The molecule has 0 saturated heterocycles. The van der Waals surface area contributed by atoms with Crippen LogP contribution in [-0.4, -0.2) is 20.5 Å². The van der Waals surface area contributed by atoms with Gasteiger partial charge in [-0.25, -0.2) is 4.68 Å². The number of hydrogen-bond donors (Lipinski definition) is 0. The summed E-state index contributed by atoms with van der Waals surface area (Å²) < 4.78 is 1.74. The molecule has 2 heterocycles. The number of benzene rings is 2. The highest BCUT2D eigenvalue weighted by Crippen LogP contribution is 2.26. The Hall–Kier alpha value is -4.30. The quantitative estimate of drug-likeness (QED) is 0.220. The van der Waals surface area contributed by atoms with Crippen LogP contribution >= 0.6 is 0 Å². The molecule has 0 saturated carbocycles. The molecule has 4 aromatic rings. The molecule has 2 aromatic carbocycles. The molecule has 0 unspecified atom stereocenters. The number of para-hydroxylation sites is 1. The first-order valence-corrected chi connectivity index (χ1v) is 10.5. The van der Waals surface area contributed by atoms with Crippen molar-refractivity contribution in [3.05, 3.63) is 108 Å². The number of allylic oxidation sites excluding steroid dienone is 1. The number of ketones is 1. The second-order valence-electron chi connectivity index (χ2n) is 7.40. The Morgan fingerprint density at radius 2 is 1.84 bits per heavy atom. The Labute approximate surface area is 187 Å². The third-order valence-corrected chi connectivity index (χ3v) is 5.12. The molecule has 0 radical (unpaired) electrons. The molecule has 5 heteroatoms. The first kappa shape index (κ1) is 21.0. The lowest BCUT2D eigenvalue weighted by atomic mass is 9.99. The summed E-state index contributed by atoms with van der Waals surface area (Å²) in [5.74, 6) is -0.305. The van der Waals surface area contributed by atoms with Gasteiger partial charge in [-0.2, -0.15) is 10.4 Å². The van der Waals surface area contributed by atoms with Crippen LogP contribution in [0, 0.1) is 11.3 Å². The number of aromatic nitrogens is 3. The predicted octanol–water partition coefficient (Wildman–Crippen LogP) is 5.68. The standard InChI is InChI=1S/C27H22N4O/c1-2-7-20-11-13-21(14-12-20)27(32)23(17-28)16-24-19-31(25-9-4-3-5-10-25)30-26(24)22-8-6-15-29-18-22/h3-6,8-16,18-19H,2,7H2,1H3. The zero-order valence-corrected chi connectivity index (χ0v) is 17.8. The number of aryl methyl sites for hydroxylation is 1. The molecular formula is C27H22N4O. The molecule has 0 aliphatic rings. The van der Waals surface area contributed by atoms with Gasteiger partial charge in [0.05, 0.1) is 5.69 Å². The number of carbonyl (C=O) groups is 1. The summed E-state index contributed by atoms with van der Waals surface area (Å²) in [5.41, 5.74) is 4.75. The van der Waals surface area contributed by atoms with E-state index in [1.165, 1.54) is 5.56 Å². The van der Waals surface area contributed by atoms with Gasteiger partial charge in [0.15, 0.2) is 0 Å². The minimum atomic E-state index is -0.305. The average molecular weight is 419 g/mol. The minimum absolute atomic E-state index is 0.0611. The maximum Gasteiger partial charge on any atom is 0.203 e. The molecule has 0 fully saturated rings. The van der Waals surface area contributed by atoms with Gasteiger partial charge in [-0.3, -0.25) is 9.78 Å². The Morgan fingerprint density at radius 1 is 1.06 bits per heavy atom. The maximum atomic E-state index is 13.0. The molecule has 0 aliphatic heterocycles. The Kier molecular flexibility index (Phi) is 6.33. The fourth-order valence-electron chi connectivity index (χ4n) is 3.50. The molecule has 0 spiro atoms. The molecule has 0 N–H and O–H groups in total. The summed E-state index contributed by atoms with van der Waals surface area (Å²) in [6, 6.07) is 23.0. The molecule has 2 aromatic heterocycles. The molecule has 0 bridgehead atoms. The van der Waals surface area contributed by atoms with Gasteiger partial charge in [0.25, 0.3) is 0 Å². The topological polar surface area (TPSA) is 71.6 Å². The number of rotatable bonds is 7. The lowest BCUT2D eigenvalue weighted by molar-refractivity contribution is 0.104. The number of nitrogens with zero attached hydrogens (tertiary/aromatic N) is 4. The van der Waals surface area contributed by atoms with Crippen molar-refractivity contribution in [2.75, 3.05) is 0 Å². The van der Waals surface area contributed by atoms with Crippen LogP contribution in [0.4, 0.5) is 0 Å². The molecule has 156 valence electrons. The lowest BCUT2D eigenvalue weighted by Crippen LogP contribution is -2.02. The molecule has 5 nitrogen and oxygen atoms in total. The van der Waals surface area contributed by atoms with Crippen LogP contribution in [0.3, 0.4) is 0 Å². The van der Waals surface area contributed by atoms with Gasteiger partial charge in [-0.1, -0.05) is 55.8 Å². The normalized spacial score (nSPS) is 11.2. The van der Waals surface area contributed by atoms with E-state index in [1.807, 2.05) is 60.8 Å². The number of carbonyl (C=O) groups excluding carboxylic acids is 1. The smallest absolute Gasteiger partial charge is 0.203 e. The Morgan fingerprint density at radius 3 is 2.50 bits per heavy atom. The van der Waals surface area contributed by atoms with E-state index in [1.54, 1.807) is 35.3 Å². The Balaban J connectivity index is 1.76. The summed E-state index contributed by atoms with van der Waals surface area (Å²) in [6.07, 6.45) is 8.85. The van der Waals surface area contributed by atoms with Gasteiger partial charge in [0.2, 0.25) is 5.78 Å². The van der Waals surface area contributed by atoms with Crippen LogP contribution in [-0.2, 0) is 6.42 Å². The van der Waals surface area contributed by atoms with Crippen LogP contribution in [0.1, 0.15) is 34.8 Å². The van der Waals surface area contributed by atoms with E-state index in [-0.39, 0.29) is 11.4 Å². The molecule has 32 heavy (non-hydrogen) atoms. The first-order valence-electron chi connectivity index (χ1n) is 10.5. The van der Waals surface area contributed by atoms with Crippen LogP contribution < -0.4 is 0 Å². The SMILES string of the molecule is CCCc1ccc(C(=O)C(C#N)=Cc2cn(-c3ccccc3)nc2-c2cccnc2)cc1. The van der Waals surface area contributed by atoms with Gasteiger partial charge in [-0.15, -0.1) is 0 Å². The minimum Gasteiger partial charge on any atom is -0.288 e. The number of nitriles is 1. The predicted molar refractivity (Wildman–Crippen MR) is 125 cm³/mol. The van der Waals surface area contributed by atoms with Gasteiger partial charge < -0.3 is 0 Å².